The minimum atomic E-state index is -0.369. The summed E-state index contributed by atoms with van der Waals surface area (Å²) < 4.78 is 24.1. The Morgan fingerprint density at radius 3 is 2.48 bits per heavy atom. The lowest BCUT2D eigenvalue weighted by atomic mass is 10.2. The zero-order valence-electron chi connectivity index (χ0n) is 15.6. The van der Waals surface area contributed by atoms with Gasteiger partial charge in [-0.1, -0.05) is 18.2 Å². The fourth-order valence-electron chi connectivity index (χ4n) is 2.59. The summed E-state index contributed by atoms with van der Waals surface area (Å²) in [5, 5.41) is 2.66. The third kappa shape index (κ3) is 5.44. The molecule has 6 nitrogen and oxygen atoms in total. The smallest absolute Gasteiger partial charge is 0.223 e. The number of halogens is 1. The minimum absolute atomic E-state index is 0.0726. The first-order chi connectivity index (χ1) is 13.0. The maximum Gasteiger partial charge on any atom is 0.223 e. The van der Waals surface area contributed by atoms with Crippen LogP contribution in [0.4, 0.5) is 10.1 Å². The van der Waals surface area contributed by atoms with Crippen molar-refractivity contribution in [1.82, 2.24) is 5.32 Å². The molecule has 0 aliphatic carbocycles. The number of hydrogen-bond donors (Lipinski definition) is 1. The second-order valence-corrected chi connectivity index (χ2v) is 5.83. The highest BCUT2D eigenvalue weighted by atomic mass is 19.1. The summed E-state index contributed by atoms with van der Waals surface area (Å²) in [6, 6.07) is 11.3. The van der Waals surface area contributed by atoms with Gasteiger partial charge in [-0.25, -0.2) is 4.39 Å². The van der Waals surface area contributed by atoms with E-state index in [9.17, 15) is 14.0 Å². The van der Waals surface area contributed by atoms with Crippen LogP contribution in [0, 0.1) is 5.82 Å². The summed E-state index contributed by atoms with van der Waals surface area (Å²) in [5.74, 6) is 0.196. The number of hydrogen-bond acceptors (Lipinski definition) is 4. The SMILES string of the molecule is COc1ccc(N(CCC(=O)NCc2ccccc2F)C(C)=O)c(OC)c1. The lowest BCUT2D eigenvalue weighted by Gasteiger charge is -2.23. The Morgan fingerprint density at radius 1 is 1.11 bits per heavy atom. The number of amides is 2. The summed E-state index contributed by atoms with van der Waals surface area (Å²) in [6.07, 6.45) is 0.0726. The summed E-state index contributed by atoms with van der Waals surface area (Å²) in [7, 11) is 3.04. The summed E-state index contributed by atoms with van der Waals surface area (Å²) in [5.41, 5.74) is 0.957. The van der Waals surface area contributed by atoms with Crippen molar-refractivity contribution in [3.05, 3.63) is 53.8 Å². The average Bonchev–Trinajstić information content (AvgIpc) is 2.67. The van der Waals surface area contributed by atoms with Crippen molar-refractivity contribution in [2.75, 3.05) is 25.7 Å². The molecule has 2 aromatic carbocycles. The van der Waals surface area contributed by atoms with E-state index >= 15 is 0 Å². The Morgan fingerprint density at radius 2 is 1.85 bits per heavy atom. The van der Waals surface area contributed by atoms with Gasteiger partial charge in [0.15, 0.2) is 0 Å². The molecule has 0 spiro atoms. The summed E-state index contributed by atoms with van der Waals surface area (Å²) >= 11 is 0. The Kier molecular flexibility index (Phi) is 7.16. The maximum absolute atomic E-state index is 13.6. The van der Waals surface area contributed by atoms with Crippen LogP contribution in [0.5, 0.6) is 11.5 Å². The van der Waals surface area contributed by atoms with Crippen LogP contribution in [-0.4, -0.2) is 32.6 Å². The second-order valence-electron chi connectivity index (χ2n) is 5.83. The van der Waals surface area contributed by atoms with Crippen molar-refractivity contribution in [2.45, 2.75) is 19.9 Å². The van der Waals surface area contributed by atoms with Gasteiger partial charge in [0.1, 0.15) is 17.3 Å². The molecule has 0 atom stereocenters. The van der Waals surface area contributed by atoms with Gasteiger partial charge >= 0.3 is 0 Å². The third-order valence-electron chi connectivity index (χ3n) is 4.05. The zero-order valence-corrected chi connectivity index (χ0v) is 15.6. The van der Waals surface area contributed by atoms with Gasteiger partial charge in [-0.2, -0.15) is 0 Å². The average molecular weight is 374 g/mol. The first-order valence-electron chi connectivity index (χ1n) is 8.46. The molecule has 0 aliphatic rings. The van der Waals surface area contributed by atoms with Gasteiger partial charge in [0.2, 0.25) is 11.8 Å². The normalized spacial score (nSPS) is 10.2. The molecule has 0 radical (unpaired) electrons. The highest BCUT2D eigenvalue weighted by molar-refractivity contribution is 5.94. The molecule has 7 heteroatoms. The third-order valence-corrected chi connectivity index (χ3v) is 4.05. The number of ether oxygens (including phenoxy) is 2. The van der Waals surface area contributed by atoms with Crippen LogP contribution in [0.25, 0.3) is 0 Å². The van der Waals surface area contributed by atoms with E-state index in [1.165, 1.54) is 32.1 Å². The number of anilines is 1. The van der Waals surface area contributed by atoms with Gasteiger partial charge in [-0.3, -0.25) is 9.59 Å². The van der Waals surface area contributed by atoms with Crippen molar-refractivity contribution in [2.24, 2.45) is 0 Å². The molecule has 2 amide bonds. The van der Waals surface area contributed by atoms with E-state index in [4.69, 9.17) is 9.47 Å². The van der Waals surface area contributed by atoms with Crippen molar-refractivity contribution in [3.8, 4) is 11.5 Å². The molecular formula is C20H23FN2O4. The van der Waals surface area contributed by atoms with E-state index in [-0.39, 0.29) is 37.1 Å². The number of nitrogens with one attached hydrogen (secondary N) is 1. The van der Waals surface area contributed by atoms with Gasteiger partial charge in [0, 0.05) is 38.1 Å². The Labute approximate surface area is 157 Å². The first-order valence-corrected chi connectivity index (χ1v) is 8.46. The molecular weight excluding hydrogens is 351 g/mol. The molecule has 0 saturated heterocycles. The van der Waals surface area contributed by atoms with Crippen LogP contribution in [0.3, 0.4) is 0 Å². The molecule has 0 aliphatic heterocycles. The van der Waals surface area contributed by atoms with E-state index in [1.807, 2.05) is 0 Å². The quantitative estimate of drug-likeness (QED) is 0.772. The van der Waals surface area contributed by atoms with E-state index in [0.29, 0.717) is 22.7 Å². The standard InChI is InChI=1S/C20H23FN2O4/c1-14(24)23(18-9-8-16(26-2)12-19(18)27-3)11-10-20(25)22-13-15-6-4-5-7-17(15)21/h4-9,12H,10-11,13H2,1-3H3,(H,22,25). The van der Waals surface area contributed by atoms with Crippen LogP contribution in [0.15, 0.2) is 42.5 Å². The molecule has 0 unspecified atom stereocenters. The van der Waals surface area contributed by atoms with Crippen LogP contribution < -0.4 is 19.7 Å². The highest BCUT2D eigenvalue weighted by Crippen LogP contribution is 2.32. The van der Waals surface area contributed by atoms with Crippen molar-refractivity contribution in [1.29, 1.82) is 0 Å². The number of carbonyl (C=O) groups is 2. The number of rotatable bonds is 8. The predicted molar refractivity (Wildman–Crippen MR) is 100 cm³/mol. The predicted octanol–water partition coefficient (Wildman–Crippen LogP) is 2.90. The van der Waals surface area contributed by atoms with Gasteiger partial charge in [-0.15, -0.1) is 0 Å². The van der Waals surface area contributed by atoms with E-state index in [1.54, 1.807) is 36.4 Å². The highest BCUT2D eigenvalue weighted by Gasteiger charge is 2.18. The largest absolute Gasteiger partial charge is 0.497 e. The van der Waals surface area contributed by atoms with E-state index in [0.717, 1.165) is 0 Å². The van der Waals surface area contributed by atoms with E-state index in [2.05, 4.69) is 5.32 Å². The molecule has 0 fully saturated rings. The number of carbonyl (C=O) groups excluding carboxylic acids is 2. The fraction of sp³-hybridized carbons (Fsp3) is 0.300. The molecule has 27 heavy (non-hydrogen) atoms. The van der Waals surface area contributed by atoms with Crippen LogP contribution in [-0.2, 0) is 16.1 Å². The molecule has 1 N–H and O–H groups in total. The lowest BCUT2D eigenvalue weighted by molar-refractivity contribution is -0.121. The van der Waals surface area contributed by atoms with E-state index < -0.39 is 0 Å². The Hall–Kier alpha value is -3.09. The number of nitrogens with zero attached hydrogens (tertiary/aromatic N) is 1. The Balaban J connectivity index is 2.01. The number of benzene rings is 2. The van der Waals surface area contributed by atoms with Crippen molar-refractivity contribution >= 4 is 17.5 Å². The van der Waals surface area contributed by atoms with Gasteiger partial charge in [-0.05, 0) is 18.2 Å². The van der Waals surface area contributed by atoms with Gasteiger partial charge in [0.25, 0.3) is 0 Å². The van der Waals surface area contributed by atoms with Gasteiger partial charge < -0.3 is 19.7 Å². The van der Waals surface area contributed by atoms with Crippen molar-refractivity contribution in [3.63, 3.8) is 0 Å². The van der Waals surface area contributed by atoms with Gasteiger partial charge in [0.05, 0.1) is 19.9 Å². The zero-order chi connectivity index (χ0) is 19.8. The second kappa shape index (κ2) is 9.56. The fourth-order valence-corrected chi connectivity index (χ4v) is 2.59. The topological polar surface area (TPSA) is 67.9 Å². The molecule has 144 valence electrons. The number of methoxy groups -OCH3 is 2. The van der Waals surface area contributed by atoms with Crippen LogP contribution in [0.2, 0.25) is 0 Å². The molecule has 0 bridgehead atoms. The maximum atomic E-state index is 13.6. The van der Waals surface area contributed by atoms with Crippen molar-refractivity contribution < 1.29 is 23.5 Å². The molecule has 2 aromatic rings. The molecule has 0 heterocycles. The molecule has 2 rings (SSSR count). The molecule has 0 saturated carbocycles. The Bertz CT molecular complexity index is 810. The lowest BCUT2D eigenvalue weighted by Crippen LogP contribution is -2.34. The first kappa shape index (κ1) is 20.2. The minimum Gasteiger partial charge on any atom is -0.497 e. The van der Waals surface area contributed by atoms with Crippen LogP contribution in [0.1, 0.15) is 18.9 Å². The summed E-state index contributed by atoms with van der Waals surface area (Å²) in [4.78, 5) is 25.6. The monoisotopic (exact) mass is 374 g/mol. The molecule has 0 aromatic heterocycles. The van der Waals surface area contributed by atoms with Crippen LogP contribution >= 0.6 is 0 Å². The summed E-state index contributed by atoms with van der Waals surface area (Å²) in [6.45, 7) is 1.68.